The molecule has 0 fully saturated rings. The summed E-state index contributed by atoms with van der Waals surface area (Å²) in [5, 5.41) is 11.7. The first-order valence-electron chi connectivity index (χ1n) is 7.07. The second-order valence-corrected chi connectivity index (χ2v) is 5.96. The SMILES string of the molecule is Cc1ccc(COc2ccc(Br)cc2/C=N\n2cnnc2)cc1. The number of halogens is 1. The zero-order valence-electron chi connectivity index (χ0n) is 12.6. The van der Waals surface area contributed by atoms with Crippen molar-refractivity contribution in [2.45, 2.75) is 13.5 Å². The van der Waals surface area contributed by atoms with Crippen molar-refractivity contribution >= 4 is 22.1 Å². The van der Waals surface area contributed by atoms with Crippen molar-refractivity contribution in [2.75, 3.05) is 0 Å². The van der Waals surface area contributed by atoms with Crippen LogP contribution in [0.25, 0.3) is 0 Å². The maximum Gasteiger partial charge on any atom is 0.141 e. The Labute approximate surface area is 142 Å². The normalized spacial score (nSPS) is 11.0. The maximum atomic E-state index is 5.94. The van der Waals surface area contributed by atoms with E-state index in [2.05, 4.69) is 62.4 Å². The summed E-state index contributed by atoms with van der Waals surface area (Å²) in [6, 6.07) is 14.1. The van der Waals surface area contributed by atoms with Gasteiger partial charge in [0.25, 0.3) is 0 Å². The van der Waals surface area contributed by atoms with Crippen LogP contribution in [0.5, 0.6) is 5.75 Å². The van der Waals surface area contributed by atoms with E-state index in [0.717, 1.165) is 21.3 Å². The monoisotopic (exact) mass is 370 g/mol. The second-order valence-electron chi connectivity index (χ2n) is 5.04. The van der Waals surface area contributed by atoms with E-state index in [-0.39, 0.29) is 0 Å². The molecular weight excluding hydrogens is 356 g/mol. The predicted octanol–water partition coefficient (Wildman–Crippen LogP) is 3.81. The third kappa shape index (κ3) is 4.26. The van der Waals surface area contributed by atoms with Crippen molar-refractivity contribution in [3.05, 3.63) is 76.3 Å². The van der Waals surface area contributed by atoms with Gasteiger partial charge in [-0.15, -0.1) is 10.2 Å². The summed E-state index contributed by atoms with van der Waals surface area (Å²) in [5.74, 6) is 0.769. The molecule has 0 aliphatic heterocycles. The molecule has 0 bridgehead atoms. The molecule has 3 rings (SSSR count). The lowest BCUT2D eigenvalue weighted by atomic mass is 10.1. The summed E-state index contributed by atoms with van der Waals surface area (Å²) in [6.45, 7) is 2.58. The number of nitrogens with zero attached hydrogens (tertiary/aromatic N) is 4. The molecular formula is C17H15BrN4O. The standard InChI is InChI=1S/C17H15BrN4O/c1-13-2-4-14(5-3-13)10-23-17-7-6-16(18)8-15(17)9-21-22-11-19-20-12-22/h2-9,11-12H,10H2,1H3/b21-9-. The van der Waals surface area contributed by atoms with Crippen LogP contribution in [-0.4, -0.2) is 21.1 Å². The fourth-order valence-corrected chi connectivity index (χ4v) is 2.36. The van der Waals surface area contributed by atoms with Crippen molar-refractivity contribution in [3.8, 4) is 5.75 Å². The van der Waals surface area contributed by atoms with E-state index in [9.17, 15) is 0 Å². The van der Waals surface area contributed by atoms with Crippen molar-refractivity contribution in [3.63, 3.8) is 0 Å². The van der Waals surface area contributed by atoms with Gasteiger partial charge in [0.05, 0.1) is 6.21 Å². The Bertz CT molecular complexity index is 798. The Morgan fingerprint density at radius 3 is 2.61 bits per heavy atom. The van der Waals surface area contributed by atoms with E-state index in [0.29, 0.717) is 6.61 Å². The van der Waals surface area contributed by atoms with Gasteiger partial charge in [0.15, 0.2) is 0 Å². The van der Waals surface area contributed by atoms with E-state index in [1.54, 1.807) is 6.21 Å². The van der Waals surface area contributed by atoms with E-state index >= 15 is 0 Å². The van der Waals surface area contributed by atoms with E-state index < -0.39 is 0 Å². The van der Waals surface area contributed by atoms with E-state index in [1.807, 2.05) is 18.2 Å². The number of rotatable bonds is 5. The molecule has 116 valence electrons. The summed E-state index contributed by atoms with van der Waals surface area (Å²) in [4.78, 5) is 0. The smallest absolute Gasteiger partial charge is 0.141 e. The van der Waals surface area contributed by atoms with Crippen LogP contribution in [0.2, 0.25) is 0 Å². The van der Waals surface area contributed by atoms with Crippen LogP contribution in [0.15, 0.2) is 64.7 Å². The molecule has 0 amide bonds. The topological polar surface area (TPSA) is 52.3 Å². The molecule has 0 aliphatic carbocycles. The van der Waals surface area contributed by atoms with Crippen LogP contribution in [-0.2, 0) is 6.61 Å². The van der Waals surface area contributed by atoms with Gasteiger partial charge in [0.2, 0.25) is 0 Å². The molecule has 23 heavy (non-hydrogen) atoms. The van der Waals surface area contributed by atoms with E-state index in [1.165, 1.54) is 22.9 Å². The number of benzene rings is 2. The molecule has 6 heteroatoms. The lowest BCUT2D eigenvalue weighted by molar-refractivity contribution is 0.305. The van der Waals surface area contributed by atoms with Gasteiger partial charge in [0, 0.05) is 10.0 Å². The second kappa shape index (κ2) is 7.19. The molecule has 0 radical (unpaired) electrons. The Morgan fingerprint density at radius 1 is 1.13 bits per heavy atom. The number of ether oxygens (including phenoxy) is 1. The molecule has 0 saturated carbocycles. The number of hydrogen-bond acceptors (Lipinski definition) is 4. The van der Waals surface area contributed by atoms with Gasteiger partial charge >= 0.3 is 0 Å². The highest BCUT2D eigenvalue weighted by atomic mass is 79.9. The van der Waals surface area contributed by atoms with Crippen LogP contribution >= 0.6 is 15.9 Å². The fourth-order valence-electron chi connectivity index (χ4n) is 1.98. The molecule has 1 aromatic heterocycles. The van der Waals surface area contributed by atoms with Crippen molar-refractivity contribution in [1.29, 1.82) is 0 Å². The lowest BCUT2D eigenvalue weighted by Gasteiger charge is -2.10. The van der Waals surface area contributed by atoms with Crippen molar-refractivity contribution < 1.29 is 4.74 Å². The highest BCUT2D eigenvalue weighted by Crippen LogP contribution is 2.23. The highest BCUT2D eigenvalue weighted by Gasteiger charge is 2.04. The Balaban J connectivity index is 1.77. The molecule has 0 unspecified atom stereocenters. The number of aromatic nitrogens is 3. The molecule has 0 saturated heterocycles. The Morgan fingerprint density at radius 2 is 1.87 bits per heavy atom. The first kappa shape index (κ1) is 15.4. The lowest BCUT2D eigenvalue weighted by Crippen LogP contribution is -1.99. The first-order valence-corrected chi connectivity index (χ1v) is 7.87. The quantitative estimate of drug-likeness (QED) is 0.641. The number of aryl methyl sites for hydroxylation is 1. The Hall–Kier alpha value is -2.47. The van der Waals surface area contributed by atoms with Crippen LogP contribution in [0, 0.1) is 6.92 Å². The first-order chi connectivity index (χ1) is 11.2. The predicted molar refractivity (Wildman–Crippen MR) is 92.7 cm³/mol. The summed E-state index contributed by atoms with van der Waals surface area (Å²) >= 11 is 3.47. The molecule has 2 aromatic carbocycles. The largest absolute Gasteiger partial charge is 0.488 e. The van der Waals surface area contributed by atoms with Gasteiger partial charge in [-0.25, -0.2) is 4.68 Å². The molecule has 1 heterocycles. The summed E-state index contributed by atoms with van der Waals surface area (Å²) in [7, 11) is 0. The Kier molecular flexibility index (Phi) is 4.83. The fraction of sp³-hybridized carbons (Fsp3) is 0.118. The van der Waals surface area contributed by atoms with Crippen LogP contribution in [0.1, 0.15) is 16.7 Å². The van der Waals surface area contributed by atoms with Crippen molar-refractivity contribution in [2.24, 2.45) is 5.10 Å². The van der Waals surface area contributed by atoms with Gasteiger partial charge < -0.3 is 4.74 Å². The third-order valence-electron chi connectivity index (χ3n) is 3.22. The minimum Gasteiger partial charge on any atom is -0.488 e. The zero-order valence-corrected chi connectivity index (χ0v) is 14.1. The minimum atomic E-state index is 0.509. The van der Waals surface area contributed by atoms with Gasteiger partial charge in [-0.1, -0.05) is 45.8 Å². The molecule has 3 aromatic rings. The van der Waals surface area contributed by atoms with Crippen LogP contribution in [0.4, 0.5) is 0 Å². The molecule has 0 spiro atoms. The van der Waals surface area contributed by atoms with Crippen molar-refractivity contribution in [1.82, 2.24) is 14.9 Å². The number of hydrogen-bond donors (Lipinski definition) is 0. The van der Waals surface area contributed by atoms with Crippen LogP contribution in [0.3, 0.4) is 0 Å². The average molecular weight is 371 g/mol. The van der Waals surface area contributed by atoms with E-state index in [4.69, 9.17) is 4.74 Å². The maximum absolute atomic E-state index is 5.94. The highest BCUT2D eigenvalue weighted by molar-refractivity contribution is 9.10. The molecule has 0 N–H and O–H groups in total. The summed E-state index contributed by atoms with van der Waals surface area (Å²) in [6.07, 6.45) is 4.78. The summed E-state index contributed by atoms with van der Waals surface area (Å²) < 4.78 is 8.43. The minimum absolute atomic E-state index is 0.509. The zero-order chi connectivity index (χ0) is 16.1. The van der Waals surface area contributed by atoms with Crippen LogP contribution < -0.4 is 4.74 Å². The van der Waals surface area contributed by atoms with Gasteiger partial charge in [-0.05, 0) is 30.7 Å². The van der Waals surface area contributed by atoms with Gasteiger partial charge in [-0.2, -0.15) is 5.10 Å². The average Bonchev–Trinajstić information content (AvgIpc) is 3.07. The molecule has 5 nitrogen and oxygen atoms in total. The molecule has 0 atom stereocenters. The van der Waals surface area contributed by atoms with Gasteiger partial charge in [-0.3, -0.25) is 0 Å². The summed E-state index contributed by atoms with van der Waals surface area (Å²) in [5.41, 5.74) is 3.24. The third-order valence-corrected chi connectivity index (χ3v) is 3.72. The van der Waals surface area contributed by atoms with Gasteiger partial charge in [0.1, 0.15) is 25.0 Å². The molecule has 0 aliphatic rings.